The van der Waals surface area contributed by atoms with Gasteiger partial charge in [-0.05, 0) is 24.6 Å². The van der Waals surface area contributed by atoms with E-state index in [0.717, 1.165) is 16.6 Å². The van der Waals surface area contributed by atoms with Crippen LogP contribution in [0.25, 0.3) is 0 Å². The second kappa shape index (κ2) is 7.53. The van der Waals surface area contributed by atoms with E-state index in [0.29, 0.717) is 12.1 Å². The number of hydrogen-bond acceptors (Lipinski definition) is 4. The third kappa shape index (κ3) is 4.40. The summed E-state index contributed by atoms with van der Waals surface area (Å²) in [6.45, 7) is 2.20. The standard InChI is InChI=1S/C14H15ClFN3O2S/c1-8-13(22-7-19-8)6-18-14(21)17-5-12(20)9-2-3-10(15)11(16)4-9/h2-4,7,12,20H,5-6H2,1H3,(H2,17,18,21)/t12-/m1/s1. The van der Waals surface area contributed by atoms with Gasteiger partial charge >= 0.3 is 6.03 Å². The summed E-state index contributed by atoms with van der Waals surface area (Å²) in [6, 6.07) is 3.60. The Bertz CT molecular complexity index is 665. The highest BCUT2D eigenvalue weighted by molar-refractivity contribution is 7.09. The Balaban J connectivity index is 1.80. The number of halogens is 2. The van der Waals surface area contributed by atoms with Crippen LogP contribution >= 0.6 is 22.9 Å². The molecule has 2 rings (SSSR count). The van der Waals surface area contributed by atoms with E-state index in [9.17, 15) is 14.3 Å². The fraction of sp³-hybridized carbons (Fsp3) is 0.286. The molecule has 5 nitrogen and oxygen atoms in total. The smallest absolute Gasteiger partial charge is 0.315 e. The SMILES string of the molecule is Cc1ncsc1CNC(=O)NC[C@@H](O)c1ccc(Cl)c(F)c1. The highest BCUT2D eigenvalue weighted by Crippen LogP contribution is 2.19. The van der Waals surface area contributed by atoms with E-state index in [1.807, 2.05) is 6.92 Å². The number of rotatable bonds is 5. The van der Waals surface area contributed by atoms with Crippen LogP contribution in [0.1, 0.15) is 22.2 Å². The Kier molecular flexibility index (Phi) is 5.70. The zero-order valence-corrected chi connectivity index (χ0v) is 13.3. The molecular formula is C14H15ClFN3O2S. The molecule has 0 saturated heterocycles. The van der Waals surface area contributed by atoms with Crippen LogP contribution in [0.4, 0.5) is 9.18 Å². The van der Waals surface area contributed by atoms with Crippen molar-refractivity contribution in [1.29, 1.82) is 0 Å². The molecule has 0 saturated carbocycles. The van der Waals surface area contributed by atoms with Crippen LogP contribution in [0.2, 0.25) is 5.02 Å². The van der Waals surface area contributed by atoms with Gasteiger partial charge in [-0.15, -0.1) is 11.3 Å². The van der Waals surface area contributed by atoms with Crippen LogP contribution in [0.15, 0.2) is 23.7 Å². The average Bonchev–Trinajstić information content (AvgIpc) is 2.90. The second-order valence-electron chi connectivity index (χ2n) is 4.61. The maximum absolute atomic E-state index is 13.3. The number of nitrogens with zero attached hydrogens (tertiary/aromatic N) is 1. The molecule has 0 unspecified atom stereocenters. The van der Waals surface area contributed by atoms with Crippen LogP contribution in [-0.4, -0.2) is 22.7 Å². The first kappa shape index (κ1) is 16.7. The molecule has 0 bridgehead atoms. The van der Waals surface area contributed by atoms with E-state index in [-0.39, 0.29) is 11.6 Å². The average molecular weight is 344 g/mol. The number of carbonyl (C=O) groups excluding carboxylic acids is 1. The van der Waals surface area contributed by atoms with Crippen molar-refractivity contribution in [2.45, 2.75) is 19.6 Å². The molecule has 118 valence electrons. The van der Waals surface area contributed by atoms with Gasteiger partial charge in [0.25, 0.3) is 0 Å². The number of urea groups is 1. The maximum Gasteiger partial charge on any atom is 0.315 e. The van der Waals surface area contributed by atoms with Gasteiger partial charge in [0.2, 0.25) is 0 Å². The van der Waals surface area contributed by atoms with E-state index in [1.165, 1.54) is 23.5 Å². The van der Waals surface area contributed by atoms with Gasteiger partial charge in [-0.25, -0.2) is 14.2 Å². The number of nitrogens with one attached hydrogen (secondary N) is 2. The van der Waals surface area contributed by atoms with Crippen molar-refractivity contribution >= 4 is 29.0 Å². The topological polar surface area (TPSA) is 74.2 Å². The number of aliphatic hydroxyl groups is 1. The molecular weight excluding hydrogens is 329 g/mol. The number of hydrogen-bond donors (Lipinski definition) is 3. The molecule has 1 aromatic carbocycles. The summed E-state index contributed by atoms with van der Waals surface area (Å²) in [7, 11) is 0. The summed E-state index contributed by atoms with van der Waals surface area (Å²) < 4.78 is 13.3. The molecule has 8 heteroatoms. The summed E-state index contributed by atoms with van der Waals surface area (Å²) in [5, 5.41) is 15.1. The number of aliphatic hydroxyl groups excluding tert-OH is 1. The third-order valence-electron chi connectivity index (χ3n) is 3.04. The highest BCUT2D eigenvalue weighted by atomic mass is 35.5. The largest absolute Gasteiger partial charge is 0.387 e. The first-order chi connectivity index (χ1) is 10.5. The Morgan fingerprint density at radius 2 is 2.27 bits per heavy atom. The summed E-state index contributed by atoms with van der Waals surface area (Å²) in [5.41, 5.74) is 2.94. The molecule has 0 spiro atoms. The lowest BCUT2D eigenvalue weighted by Crippen LogP contribution is -2.37. The first-order valence-electron chi connectivity index (χ1n) is 6.51. The fourth-order valence-electron chi connectivity index (χ4n) is 1.75. The predicted octanol–water partition coefficient (Wildman–Crippen LogP) is 2.78. The van der Waals surface area contributed by atoms with Crippen LogP contribution in [0.3, 0.4) is 0 Å². The van der Waals surface area contributed by atoms with Gasteiger partial charge < -0.3 is 15.7 Å². The van der Waals surface area contributed by atoms with Crippen molar-refractivity contribution < 1.29 is 14.3 Å². The second-order valence-corrected chi connectivity index (χ2v) is 5.96. The van der Waals surface area contributed by atoms with Crippen molar-refractivity contribution in [2.24, 2.45) is 0 Å². The van der Waals surface area contributed by atoms with Gasteiger partial charge in [-0.3, -0.25) is 0 Å². The molecule has 0 aliphatic heterocycles. The van der Waals surface area contributed by atoms with Gasteiger partial charge in [-0.2, -0.15) is 0 Å². The molecule has 1 heterocycles. The van der Waals surface area contributed by atoms with E-state index < -0.39 is 18.0 Å². The quantitative estimate of drug-likeness (QED) is 0.781. The number of aryl methyl sites for hydroxylation is 1. The number of amides is 2. The molecule has 0 aliphatic carbocycles. The van der Waals surface area contributed by atoms with Crippen LogP contribution < -0.4 is 10.6 Å². The summed E-state index contributed by atoms with van der Waals surface area (Å²) in [4.78, 5) is 16.7. The summed E-state index contributed by atoms with van der Waals surface area (Å²) >= 11 is 7.03. The predicted molar refractivity (Wildman–Crippen MR) is 83.5 cm³/mol. The summed E-state index contributed by atoms with van der Waals surface area (Å²) in [5.74, 6) is -0.608. The fourth-order valence-corrected chi connectivity index (χ4v) is 2.58. The number of carbonyl (C=O) groups is 1. The van der Waals surface area contributed by atoms with E-state index in [2.05, 4.69) is 15.6 Å². The van der Waals surface area contributed by atoms with E-state index in [4.69, 9.17) is 11.6 Å². The molecule has 2 aromatic rings. The van der Waals surface area contributed by atoms with Crippen LogP contribution in [0, 0.1) is 12.7 Å². The maximum atomic E-state index is 13.3. The number of aromatic nitrogens is 1. The molecule has 3 N–H and O–H groups in total. The van der Waals surface area contributed by atoms with Gasteiger partial charge in [0.1, 0.15) is 5.82 Å². The lowest BCUT2D eigenvalue weighted by Gasteiger charge is -2.13. The third-order valence-corrected chi connectivity index (χ3v) is 4.28. The Morgan fingerprint density at radius 3 is 2.91 bits per heavy atom. The van der Waals surface area contributed by atoms with Crippen molar-refractivity contribution in [3.8, 4) is 0 Å². The summed E-state index contributed by atoms with van der Waals surface area (Å²) in [6.07, 6.45) is -1.01. The minimum absolute atomic E-state index is 0.0124. The van der Waals surface area contributed by atoms with Crippen LogP contribution in [0.5, 0.6) is 0 Å². The van der Waals surface area contributed by atoms with Crippen molar-refractivity contribution in [2.75, 3.05) is 6.54 Å². The highest BCUT2D eigenvalue weighted by Gasteiger charge is 2.12. The molecule has 0 aliphatic rings. The van der Waals surface area contributed by atoms with Gasteiger partial charge in [-0.1, -0.05) is 17.7 Å². The number of benzene rings is 1. The normalized spacial score (nSPS) is 12.0. The zero-order valence-electron chi connectivity index (χ0n) is 11.8. The first-order valence-corrected chi connectivity index (χ1v) is 7.77. The molecule has 0 radical (unpaired) electrons. The van der Waals surface area contributed by atoms with Gasteiger partial charge in [0, 0.05) is 11.4 Å². The Hall–Kier alpha value is -1.70. The minimum Gasteiger partial charge on any atom is -0.387 e. The van der Waals surface area contributed by atoms with Crippen molar-refractivity contribution in [3.63, 3.8) is 0 Å². The Morgan fingerprint density at radius 1 is 1.50 bits per heavy atom. The molecule has 0 fully saturated rings. The van der Waals surface area contributed by atoms with Crippen molar-refractivity contribution in [1.82, 2.24) is 15.6 Å². The molecule has 22 heavy (non-hydrogen) atoms. The number of thiazole rings is 1. The van der Waals surface area contributed by atoms with Crippen molar-refractivity contribution in [3.05, 3.63) is 50.7 Å². The lowest BCUT2D eigenvalue weighted by atomic mass is 10.1. The lowest BCUT2D eigenvalue weighted by molar-refractivity contribution is 0.172. The molecule has 1 aromatic heterocycles. The van der Waals surface area contributed by atoms with Gasteiger partial charge in [0.05, 0.1) is 28.9 Å². The monoisotopic (exact) mass is 343 g/mol. The minimum atomic E-state index is -1.01. The van der Waals surface area contributed by atoms with E-state index >= 15 is 0 Å². The zero-order chi connectivity index (χ0) is 16.1. The Labute approximate surface area is 136 Å². The van der Waals surface area contributed by atoms with Gasteiger partial charge in [0.15, 0.2) is 0 Å². The molecule has 1 atom stereocenters. The molecule has 2 amide bonds. The van der Waals surface area contributed by atoms with Crippen LogP contribution in [-0.2, 0) is 6.54 Å². The van der Waals surface area contributed by atoms with E-state index in [1.54, 1.807) is 5.51 Å².